The molecule has 0 saturated heterocycles. The number of hydrogen-bond donors (Lipinski definition) is 3. The average molecular weight is 305 g/mol. The molecule has 9 heteroatoms. The molecular weight excluding hydrogens is 296 g/mol. The van der Waals surface area contributed by atoms with E-state index in [0.29, 0.717) is 16.3 Å². The molecule has 1 aromatic heterocycles. The lowest BCUT2D eigenvalue weighted by Crippen LogP contribution is -2.10. The van der Waals surface area contributed by atoms with Crippen molar-refractivity contribution in [3.05, 3.63) is 51.0 Å². The molecule has 21 heavy (non-hydrogen) atoms. The van der Waals surface area contributed by atoms with Gasteiger partial charge in [0.1, 0.15) is 5.82 Å². The second kappa shape index (κ2) is 6.04. The fraction of sp³-hybridized carbons (Fsp3) is 0. The second-order valence-electron chi connectivity index (χ2n) is 3.90. The molecule has 8 nitrogen and oxygen atoms in total. The zero-order chi connectivity index (χ0) is 15.4. The Balaban J connectivity index is 2.47. The van der Waals surface area contributed by atoms with Gasteiger partial charge in [0.25, 0.3) is 0 Å². The molecule has 106 valence electrons. The van der Waals surface area contributed by atoms with Crippen molar-refractivity contribution in [1.29, 1.82) is 5.26 Å². The number of nitrogens with two attached hydrogens (primary N) is 1. The number of hydrazine groups is 1. The van der Waals surface area contributed by atoms with Crippen LogP contribution in [0.1, 0.15) is 5.56 Å². The first-order chi connectivity index (χ1) is 10.0. The van der Waals surface area contributed by atoms with Crippen molar-refractivity contribution in [2.24, 2.45) is 5.84 Å². The van der Waals surface area contributed by atoms with Crippen molar-refractivity contribution < 1.29 is 4.92 Å². The molecule has 0 amide bonds. The minimum atomic E-state index is -0.586. The van der Waals surface area contributed by atoms with Gasteiger partial charge in [0.15, 0.2) is 0 Å². The summed E-state index contributed by atoms with van der Waals surface area (Å²) in [6.45, 7) is 0. The van der Waals surface area contributed by atoms with E-state index in [1.165, 1.54) is 30.3 Å². The Labute approximate surface area is 124 Å². The Kier molecular flexibility index (Phi) is 4.18. The first-order valence-electron chi connectivity index (χ1n) is 5.64. The van der Waals surface area contributed by atoms with Crippen LogP contribution in [-0.2, 0) is 0 Å². The zero-order valence-corrected chi connectivity index (χ0v) is 11.3. The minimum Gasteiger partial charge on any atom is -0.333 e. The first kappa shape index (κ1) is 14.5. The van der Waals surface area contributed by atoms with Crippen LogP contribution in [0.25, 0.3) is 0 Å². The van der Waals surface area contributed by atoms with E-state index in [2.05, 4.69) is 15.7 Å². The maximum atomic E-state index is 11.0. The highest BCUT2D eigenvalue weighted by molar-refractivity contribution is 6.33. The third-order valence-electron chi connectivity index (χ3n) is 2.57. The lowest BCUT2D eigenvalue weighted by Gasteiger charge is -2.09. The van der Waals surface area contributed by atoms with E-state index in [9.17, 15) is 10.1 Å². The summed E-state index contributed by atoms with van der Waals surface area (Å²) in [4.78, 5) is 14.4. The molecule has 1 heterocycles. The molecule has 0 aliphatic carbocycles. The molecule has 0 atom stereocenters. The topological polar surface area (TPSA) is 130 Å². The first-order valence-corrected chi connectivity index (χ1v) is 6.01. The van der Waals surface area contributed by atoms with Crippen molar-refractivity contribution in [3.63, 3.8) is 0 Å². The van der Waals surface area contributed by atoms with E-state index in [-0.39, 0.29) is 17.3 Å². The Hall–Kier alpha value is -2.89. The van der Waals surface area contributed by atoms with E-state index < -0.39 is 4.92 Å². The van der Waals surface area contributed by atoms with Gasteiger partial charge in [0, 0.05) is 6.07 Å². The third kappa shape index (κ3) is 3.17. The molecule has 0 bridgehead atoms. The van der Waals surface area contributed by atoms with E-state index in [4.69, 9.17) is 22.7 Å². The standard InChI is InChI=1S/C12H9ClN6O2/c13-8-2-1-7(6-14)5-9(8)16-12-10(19(20)21)3-4-11(17-12)18-15/h1-5H,15H2,(H2,16,17,18). The molecule has 1 aromatic carbocycles. The van der Waals surface area contributed by atoms with Crippen LogP contribution < -0.4 is 16.6 Å². The van der Waals surface area contributed by atoms with Crippen LogP contribution >= 0.6 is 11.6 Å². The van der Waals surface area contributed by atoms with Gasteiger partial charge in [-0.05, 0) is 24.3 Å². The zero-order valence-electron chi connectivity index (χ0n) is 10.5. The average Bonchev–Trinajstić information content (AvgIpc) is 2.49. The van der Waals surface area contributed by atoms with Crippen LogP contribution in [-0.4, -0.2) is 9.91 Å². The van der Waals surface area contributed by atoms with Gasteiger partial charge < -0.3 is 10.7 Å². The van der Waals surface area contributed by atoms with Crippen LogP contribution in [0.4, 0.5) is 23.0 Å². The summed E-state index contributed by atoms with van der Waals surface area (Å²) in [5.74, 6) is 5.45. The number of hydrogen-bond acceptors (Lipinski definition) is 7. The smallest absolute Gasteiger partial charge is 0.311 e. The summed E-state index contributed by atoms with van der Waals surface area (Å²) in [7, 11) is 0. The number of nitro groups is 1. The summed E-state index contributed by atoms with van der Waals surface area (Å²) in [5.41, 5.74) is 2.75. The van der Waals surface area contributed by atoms with Gasteiger partial charge in [0.05, 0.1) is 27.3 Å². The van der Waals surface area contributed by atoms with Gasteiger partial charge >= 0.3 is 5.69 Å². The van der Waals surface area contributed by atoms with E-state index in [0.717, 1.165) is 0 Å². The number of nitrogens with zero attached hydrogens (tertiary/aromatic N) is 3. The maximum Gasteiger partial charge on any atom is 0.311 e. The van der Waals surface area contributed by atoms with Gasteiger partial charge in [0.2, 0.25) is 5.82 Å². The summed E-state index contributed by atoms with van der Waals surface area (Å²) in [6.07, 6.45) is 0. The Bertz CT molecular complexity index is 743. The largest absolute Gasteiger partial charge is 0.333 e. The second-order valence-corrected chi connectivity index (χ2v) is 4.30. The fourth-order valence-corrected chi connectivity index (χ4v) is 1.75. The number of halogens is 1. The normalized spacial score (nSPS) is 9.76. The van der Waals surface area contributed by atoms with Crippen LogP contribution in [0.3, 0.4) is 0 Å². The molecule has 0 saturated carbocycles. The maximum absolute atomic E-state index is 11.0. The third-order valence-corrected chi connectivity index (χ3v) is 2.90. The summed E-state index contributed by atoms with van der Waals surface area (Å²) < 4.78 is 0. The highest BCUT2D eigenvalue weighted by Gasteiger charge is 2.17. The predicted molar refractivity (Wildman–Crippen MR) is 78.2 cm³/mol. The van der Waals surface area contributed by atoms with Gasteiger partial charge in [-0.25, -0.2) is 10.8 Å². The SMILES string of the molecule is N#Cc1ccc(Cl)c(Nc2nc(NN)ccc2[N+](=O)[O-])c1. The van der Waals surface area contributed by atoms with Crippen LogP contribution in [0, 0.1) is 21.4 Å². The van der Waals surface area contributed by atoms with Gasteiger partial charge in [-0.1, -0.05) is 11.6 Å². The number of nitrogen functional groups attached to an aromatic ring is 1. The fourth-order valence-electron chi connectivity index (χ4n) is 1.59. The van der Waals surface area contributed by atoms with Crippen molar-refractivity contribution >= 4 is 34.6 Å². The molecule has 2 aromatic rings. The van der Waals surface area contributed by atoms with Crippen molar-refractivity contribution in [1.82, 2.24) is 4.98 Å². The molecule has 0 aliphatic heterocycles. The van der Waals surface area contributed by atoms with E-state index in [1.54, 1.807) is 0 Å². The van der Waals surface area contributed by atoms with Gasteiger partial charge in [-0.2, -0.15) is 5.26 Å². The lowest BCUT2D eigenvalue weighted by molar-refractivity contribution is -0.384. The molecule has 0 unspecified atom stereocenters. The minimum absolute atomic E-state index is 0.0348. The number of rotatable bonds is 4. The summed E-state index contributed by atoms with van der Waals surface area (Å²) in [6, 6.07) is 9.10. The Morgan fingerprint density at radius 3 is 2.76 bits per heavy atom. The Morgan fingerprint density at radius 2 is 2.14 bits per heavy atom. The number of pyridine rings is 1. The number of nitrogens with one attached hydrogen (secondary N) is 2. The van der Waals surface area contributed by atoms with E-state index >= 15 is 0 Å². The van der Waals surface area contributed by atoms with Gasteiger partial charge in [-0.3, -0.25) is 10.1 Å². The van der Waals surface area contributed by atoms with E-state index in [1.807, 2.05) is 6.07 Å². The monoisotopic (exact) mass is 304 g/mol. The van der Waals surface area contributed by atoms with Gasteiger partial charge in [-0.15, -0.1) is 0 Å². The van der Waals surface area contributed by atoms with Crippen LogP contribution in [0.2, 0.25) is 5.02 Å². The molecular formula is C12H9ClN6O2. The summed E-state index contributed by atoms with van der Waals surface area (Å²) in [5, 5.41) is 22.9. The molecule has 0 spiro atoms. The molecule has 4 N–H and O–H groups in total. The van der Waals surface area contributed by atoms with Crippen LogP contribution in [0.15, 0.2) is 30.3 Å². The number of anilines is 3. The molecule has 0 aliphatic rings. The highest BCUT2D eigenvalue weighted by Crippen LogP contribution is 2.31. The molecule has 0 radical (unpaired) electrons. The Morgan fingerprint density at radius 1 is 1.38 bits per heavy atom. The highest BCUT2D eigenvalue weighted by atomic mass is 35.5. The summed E-state index contributed by atoms with van der Waals surface area (Å²) >= 11 is 6.00. The number of nitriles is 1. The molecule has 0 fully saturated rings. The van der Waals surface area contributed by atoms with Crippen molar-refractivity contribution in [3.8, 4) is 6.07 Å². The van der Waals surface area contributed by atoms with Crippen LogP contribution in [0.5, 0.6) is 0 Å². The number of aromatic nitrogens is 1. The lowest BCUT2D eigenvalue weighted by atomic mass is 10.2. The van der Waals surface area contributed by atoms with Crippen molar-refractivity contribution in [2.75, 3.05) is 10.7 Å². The number of benzene rings is 1. The quantitative estimate of drug-likeness (QED) is 0.449. The predicted octanol–water partition coefficient (Wildman–Crippen LogP) is 2.54. The molecule has 2 rings (SSSR count). The van der Waals surface area contributed by atoms with Crippen molar-refractivity contribution in [2.45, 2.75) is 0 Å².